The number of aromatic amines is 1. The largest absolute Gasteiger partial charge is 0.481 e. The van der Waals surface area contributed by atoms with Gasteiger partial charge in [-0.1, -0.05) is 13.8 Å². The van der Waals surface area contributed by atoms with Crippen molar-refractivity contribution < 1.29 is 18.3 Å². The Kier molecular flexibility index (Phi) is 4.85. The minimum absolute atomic E-state index is 0.0730. The van der Waals surface area contributed by atoms with E-state index in [2.05, 4.69) is 14.7 Å². The number of nitrogens with one attached hydrogen (secondary N) is 2. The summed E-state index contributed by atoms with van der Waals surface area (Å²) in [6.45, 7) is 3.65. The maximum absolute atomic E-state index is 11.7. The Morgan fingerprint density at radius 3 is 2.67 bits per heavy atom. The lowest BCUT2D eigenvalue weighted by atomic mass is 9.98. The number of imidazole rings is 1. The van der Waals surface area contributed by atoms with Crippen LogP contribution in [-0.2, 0) is 14.8 Å². The highest BCUT2D eigenvalue weighted by molar-refractivity contribution is 7.89. The number of H-pyrrole nitrogens is 1. The van der Waals surface area contributed by atoms with Crippen molar-refractivity contribution in [2.45, 2.75) is 25.3 Å². The molecule has 0 aromatic carbocycles. The lowest BCUT2D eigenvalue weighted by Crippen LogP contribution is -2.33. The van der Waals surface area contributed by atoms with Crippen LogP contribution in [0.15, 0.2) is 17.6 Å². The number of hydrogen-bond acceptors (Lipinski definition) is 4. The van der Waals surface area contributed by atoms with E-state index in [1.54, 1.807) is 0 Å². The summed E-state index contributed by atoms with van der Waals surface area (Å²) >= 11 is 0. The van der Waals surface area contributed by atoms with E-state index in [0.29, 0.717) is 6.42 Å². The number of aromatic nitrogens is 2. The Labute approximate surface area is 106 Å². The van der Waals surface area contributed by atoms with E-state index in [1.807, 2.05) is 13.8 Å². The van der Waals surface area contributed by atoms with Gasteiger partial charge in [-0.3, -0.25) is 4.79 Å². The first-order valence-electron chi connectivity index (χ1n) is 5.53. The van der Waals surface area contributed by atoms with Crippen LogP contribution in [0.4, 0.5) is 0 Å². The minimum Gasteiger partial charge on any atom is -0.481 e. The van der Waals surface area contributed by atoms with Crippen molar-refractivity contribution in [3.8, 4) is 0 Å². The number of aliphatic carboxylic acids is 1. The van der Waals surface area contributed by atoms with Crippen LogP contribution in [0, 0.1) is 11.8 Å². The number of sulfonamides is 1. The summed E-state index contributed by atoms with van der Waals surface area (Å²) in [4.78, 5) is 17.1. The molecule has 1 heterocycles. The molecule has 0 saturated carbocycles. The molecule has 1 rings (SSSR count). The van der Waals surface area contributed by atoms with E-state index in [1.165, 1.54) is 12.5 Å². The fraction of sp³-hybridized carbons (Fsp3) is 0.600. The van der Waals surface area contributed by atoms with Crippen LogP contribution in [0.5, 0.6) is 0 Å². The van der Waals surface area contributed by atoms with Crippen LogP contribution in [0.3, 0.4) is 0 Å². The topological polar surface area (TPSA) is 112 Å². The van der Waals surface area contributed by atoms with Gasteiger partial charge in [0.15, 0.2) is 5.03 Å². The molecule has 1 atom stereocenters. The van der Waals surface area contributed by atoms with Gasteiger partial charge in [0.1, 0.15) is 0 Å². The molecule has 0 fully saturated rings. The highest BCUT2D eigenvalue weighted by atomic mass is 32.2. The Bertz CT molecular complexity index is 481. The fourth-order valence-corrected chi connectivity index (χ4v) is 2.50. The van der Waals surface area contributed by atoms with Crippen LogP contribution in [0.2, 0.25) is 0 Å². The number of carbonyl (C=O) groups is 1. The zero-order chi connectivity index (χ0) is 13.8. The zero-order valence-corrected chi connectivity index (χ0v) is 11.1. The van der Waals surface area contributed by atoms with Gasteiger partial charge in [0.05, 0.1) is 18.4 Å². The molecular weight excluding hydrogens is 258 g/mol. The molecule has 102 valence electrons. The predicted octanol–water partition coefficient (Wildman–Crippen LogP) is 0.435. The van der Waals surface area contributed by atoms with Gasteiger partial charge in [-0.2, -0.15) is 0 Å². The normalized spacial score (nSPS) is 13.7. The van der Waals surface area contributed by atoms with E-state index < -0.39 is 21.9 Å². The van der Waals surface area contributed by atoms with Gasteiger partial charge in [-0.25, -0.2) is 18.1 Å². The van der Waals surface area contributed by atoms with Gasteiger partial charge in [0.2, 0.25) is 0 Å². The third-order valence-corrected chi connectivity index (χ3v) is 3.74. The first kappa shape index (κ1) is 14.7. The molecule has 0 aliphatic carbocycles. The van der Waals surface area contributed by atoms with Gasteiger partial charge >= 0.3 is 5.97 Å². The van der Waals surface area contributed by atoms with E-state index in [9.17, 15) is 13.2 Å². The Morgan fingerprint density at radius 2 is 2.22 bits per heavy atom. The van der Waals surface area contributed by atoms with E-state index in [-0.39, 0.29) is 17.5 Å². The maximum atomic E-state index is 11.7. The van der Waals surface area contributed by atoms with Gasteiger partial charge in [0.25, 0.3) is 10.0 Å². The van der Waals surface area contributed by atoms with Gasteiger partial charge in [-0.05, 0) is 12.3 Å². The molecule has 0 radical (unpaired) electrons. The average molecular weight is 275 g/mol. The van der Waals surface area contributed by atoms with Crippen molar-refractivity contribution in [1.29, 1.82) is 0 Å². The summed E-state index contributed by atoms with van der Waals surface area (Å²) in [5.74, 6) is -1.55. The molecule has 0 spiro atoms. The number of carboxylic acid groups (broad SMARTS) is 1. The Morgan fingerprint density at radius 1 is 1.56 bits per heavy atom. The second-order valence-electron chi connectivity index (χ2n) is 4.43. The first-order valence-corrected chi connectivity index (χ1v) is 7.02. The molecule has 1 aromatic rings. The summed E-state index contributed by atoms with van der Waals surface area (Å²) in [6.07, 6.45) is 2.83. The molecule has 0 saturated heterocycles. The smallest absolute Gasteiger partial charge is 0.307 e. The first-order chi connectivity index (χ1) is 8.33. The van der Waals surface area contributed by atoms with Crippen LogP contribution < -0.4 is 4.72 Å². The monoisotopic (exact) mass is 275 g/mol. The molecule has 1 unspecified atom stereocenters. The number of hydrogen-bond donors (Lipinski definition) is 3. The van der Waals surface area contributed by atoms with Crippen LogP contribution in [0.1, 0.15) is 20.3 Å². The van der Waals surface area contributed by atoms with Gasteiger partial charge in [-0.15, -0.1) is 0 Å². The molecule has 8 heteroatoms. The fourth-order valence-electron chi connectivity index (χ4n) is 1.52. The molecule has 0 bridgehead atoms. The van der Waals surface area contributed by atoms with Crippen molar-refractivity contribution >= 4 is 16.0 Å². The average Bonchev–Trinajstić information content (AvgIpc) is 2.77. The van der Waals surface area contributed by atoms with Crippen molar-refractivity contribution in [3.63, 3.8) is 0 Å². The lowest BCUT2D eigenvalue weighted by molar-refractivity contribution is -0.142. The molecule has 7 nitrogen and oxygen atoms in total. The van der Waals surface area contributed by atoms with Crippen molar-refractivity contribution in [2.24, 2.45) is 11.8 Å². The molecular formula is C10H17N3O4S. The van der Waals surface area contributed by atoms with Gasteiger partial charge < -0.3 is 10.1 Å². The van der Waals surface area contributed by atoms with Crippen LogP contribution in [0.25, 0.3) is 0 Å². The predicted molar refractivity (Wildman–Crippen MR) is 64.4 cm³/mol. The molecule has 18 heavy (non-hydrogen) atoms. The summed E-state index contributed by atoms with van der Waals surface area (Å²) < 4.78 is 25.7. The maximum Gasteiger partial charge on any atom is 0.307 e. The van der Waals surface area contributed by atoms with E-state index >= 15 is 0 Å². The van der Waals surface area contributed by atoms with E-state index in [4.69, 9.17) is 5.11 Å². The number of nitrogens with zero attached hydrogens (tertiary/aromatic N) is 1. The summed E-state index contributed by atoms with van der Waals surface area (Å²) in [5.41, 5.74) is 0. The number of carboxylic acids is 1. The zero-order valence-electron chi connectivity index (χ0n) is 10.3. The minimum atomic E-state index is -3.71. The van der Waals surface area contributed by atoms with Crippen LogP contribution >= 0.6 is 0 Å². The van der Waals surface area contributed by atoms with Crippen molar-refractivity contribution in [2.75, 3.05) is 6.54 Å². The third-order valence-electron chi connectivity index (χ3n) is 2.39. The molecule has 0 aliphatic rings. The number of rotatable bonds is 7. The van der Waals surface area contributed by atoms with Crippen LogP contribution in [-0.4, -0.2) is 36.0 Å². The second kappa shape index (κ2) is 5.96. The summed E-state index contributed by atoms with van der Waals surface area (Å²) in [5, 5.41) is 8.92. The summed E-state index contributed by atoms with van der Waals surface area (Å²) in [7, 11) is -3.71. The second-order valence-corrected chi connectivity index (χ2v) is 6.17. The third kappa shape index (κ3) is 4.11. The molecule has 0 amide bonds. The molecule has 3 N–H and O–H groups in total. The lowest BCUT2D eigenvalue weighted by Gasteiger charge is -2.14. The van der Waals surface area contributed by atoms with Gasteiger partial charge in [0, 0.05) is 6.54 Å². The highest BCUT2D eigenvalue weighted by Crippen LogP contribution is 2.12. The molecule has 0 aliphatic heterocycles. The van der Waals surface area contributed by atoms with Crippen molar-refractivity contribution in [1.82, 2.24) is 14.7 Å². The van der Waals surface area contributed by atoms with Crippen molar-refractivity contribution in [3.05, 3.63) is 12.5 Å². The quantitative estimate of drug-likeness (QED) is 0.668. The highest BCUT2D eigenvalue weighted by Gasteiger charge is 2.23. The standard InChI is InChI=1S/C10H17N3O4S/c1-7(2)3-8(10(14)15)4-13-18(16,17)9-5-11-6-12-9/h5-8,13H,3-4H2,1-2H3,(H,11,12)(H,14,15). The SMILES string of the molecule is CC(C)CC(CNS(=O)(=O)c1cnc[nH]1)C(=O)O. The Hall–Kier alpha value is -1.41. The van der Waals surface area contributed by atoms with E-state index in [0.717, 1.165) is 0 Å². The molecule has 1 aromatic heterocycles. The Balaban J connectivity index is 2.65. The summed E-state index contributed by atoms with van der Waals surface area (Å²) in [6, 6.07) is 0.